The number of hydrogen-bond acceptors (Lipinski definition) is 5. The predicted octanol–water partition coefficient (Wildman–Crippen LogP) is 1.07. The molecule has 3 atom stereocenters. The summed E-state index contributed by atoms with van der Waals surface area (Å²) in [5.41, 5.74) is 0.974. The summed E-state index contributed by atoms with van der Waals surface area (Å²) in [6.45, 7) is 3.98. The van der Waals surface area contributed by atoms with E-state index in [0.717, 1.165) is 22.6 Å². The molecule has 1 aliphatic rings. The molecule has 1 aromatic rings. The smallest absolute Gasteiger partial charge is 0.324 e. The van der Waals surface area contributed by atoms with Crippen LogP contribution in [0.2, 0.25) is 0 Å². The average Bonchev–Trinajstić information content (AvgIpc) is 2.96. The summed E-state index contributed by atoms with van der Waals surface area (Å²) in [7, 11) is 1.59. The van der Waals surface area contributed by atoms with Gasteiger partial charge in [-0.15, -0.1) is 0 Å². The maximum absolute atomic E-state index is 12.5. The van der Waals surface area contributed by atoms with Crippen molar-refractivity contribution >= 4 is 17.8 Å². The van der Waals surface area contributed by atoms with E-state index in [0.29, 0.717) is 6.42 Å². The maximum Gasteiger partial charge on any atom is 0.324 e. The fourth-order valence-electron chi connectivity index (χ4n) is 3.06. The lowest BCUT2D eigenvalue weighted by Crippen LogP contribution is -2.45. The molecule has 0 radical (unpaired) electrons. The Kier molecular flexibility index (Phi) is 7.80. The van der Waals surface area contributed by atoms with Crippen molar-refractivity contribution in [2.24, 2.45) is 5.92 Å². The van der Waals surface area contributed by atoms with Crippen LogP contribution in [0.3, 0.4) is 0 Å². The van der Waals surface area contributed by atoms with Gasteiger partial charge in [0.2, 0.25) is 5.91 Å². The van der Waals surface area contributed by atoms with E-state index in [9.17, 15) is 19.5 Å². The SMILES string of the molecule is CCC(C)C(CO)NC(=O)CC1NC(=O)N(CCc2ccc(OC)cc2)C1=O. The largest absolute Gasteiger partial charge is 0.497 e. The molecule has 3 N–H and O–H groups in total. The number of urea groups is 1. The first kappa shape index (κ1) is 21.7. The van der Waals surface area contributed by atoms with E-state index >= 15 is 0 Å². The lowest BCUT2D eigenvalue weighted by atomic mass is 9.99. The Bertz CT molecular complexity index is 692. The van der Waals surface area contributed by atoms with E-state index in [1.54, 1.807) is 7.11 Å². The number of imide groups is 1. The third-order valence-electron chi connectivity index (χ3n) is 5.15. The van der Waals surface area contributed by atoms with Crippen molar-refractivity contribution < 1.29 is 24.2 Å². The first-order valence-electron chi connectivity index (χ1n) is 9.54. The molecular formula is C20H29N3O5. The number of benzene rings is 1. The van der Waals surface area contributed by atoms with Gasteiger partial charge < -0.3 is 20.5 Å². The van der Waals surface area contributed by atoms with E-state index in [-0.39, 0.29) is 37.4 Å². The van der Waals surface area contributed by atoms with Gasteiger partial charge in [-0.3, -0.25) is 14.5 Å². The summed E-state index contributed by atoms with van der Waals surface area (Å²) in [5.74, 6) is 0.0833. The zero-order valence-electron chi connectivity index (χ0n) is 16.6. The molecule has 1 saturated heterocycles. The quantitative estimate of drug-likeness (QED) is 0.517. The molecule has 0 spiro atoms. The van der Waals surface area contributed by atoms with Crippen molar-refractivity contribution in [3.8, 4) is 5.75 Å². The molecule has 0 bridgehead atoms. The molecule has 0 saturated carbocycles. The standard InChI is InChI=1S/C20H29N3O5/c1-4-13(2)17(12-24)21-18(25)11-16-19(26)23(20(27)22-16)10-9-14-5-7-15(28-3)8-6-14/h5-8,13,16-17,24H,4,9-12H2,1-3H3,(H,21,25)(H,22,27). The highest BCUT2D eigenvalue weighted by Crippen LogP contribution is 2.15. The van der Waals surface area contributed by atoms with Crippen molar-refractivity contribution in [3.05, 3.63) is 29.8 Å². The minimum atomic E-state index is -0.875. The second kappa shape index (κ2) is 10.1. The number of amides is 4. The van der Waals surface area contributed by atoms with Gasteiger partial charge in [-0.2, -0.15) is 0 Å². The van der Waals surface area contributed by atoms with Crippen LogP contribution in [-0.4, -0.2) is 60.2 Å². The number of nitrogens with zero attached hydrogens (tertiary/aromatic N) is 1. The number of methoxy groups -OCH3 is 1. The van der Waals surface area contributed by atoms with Crippen LogP contribution in [0.25, 0.3) is 0 Å². The first-order valence-corrected chi connectivity index (χ1v) is 9.54. The monoisotopic (exact) mass is 391 g/mol. The van der Waals surface area contributed by atoms with E-state index in [1.807, 2.05) is 38.1 Å². The Morgan fingerprint density at radius 1 is 1.32 bits per heavy atom. The zero-order valence-corrected chi connectivity index (χ0v) is 16.6. The van der Waals surface area contributed by atoms with Gasteiger partial charge in [-0.05, 0) is 30.0 Å². The second-order valence-corrected chi connectivity index (χ2v) is 7.04. The number of rotatable bonds is 10. The Morgan fingerprint density at radius 3 is 2.57 bits per heavy atom. The van der Waals surface area contributed by atoms with Gasteiger partial charge in [0, 0.05) is 6.54 Å². The van der Waals surface area contributed by atoms with Gasteiger partial charge in [0.1, 0.15) is 11.8 Å². The van der Waals surface area contributed by atoms with Crippen molar-refractivity contribution in [3.63, 3.8) is 0 Å². The highest BCUT2D eigenvalue weighted by atomic mass is 16.5. The summed E-state index contributed by atoms with van der Waals surface area (Å²) in [6.07, 6.45) is 1.18. The molecular weight excluding hydrogens is 362 g/mol. The van der Waals surface area contributed by atoms with Gasteiger partial charge in [0.15, 0.2) is 0 Å². The molecule has 1 aromatic carbocycles. The van der Waals surface area contributed by atoms with Crippen molar-refractivity contribution in [1.29, 1.82) is 0 Å². The third-order valence-corrected chi connectivity index (χ3v) is 5.15. The summed E-state index contributed by atoms with van der Waals surface area (Å²) in [4.78, 5) is 38.0. The molecule has 154 valence electrons. The van der Waals surface area contributed by atoms with E-state index in [2.05, 4.69) is 10.6 Å². The fraction of sp³-hybridized carbons (Fsp3) is 0.550. The lowest BCUT2D eigenvalue weighted by molar-refractivity contribution is -0.131. The lowest BCUT2D eigenvalue weighted by Gasteiger charge is -2.22. The normalized spacial score (nSPS) is 18.6. The van der Waals surface area contributed by atoms with E-state index in [4.69, 9.17) is 4.74 Å². The van der Waals surface area contributed by atoms with E-state index < -0.39 is 18.0 Å². The van der Waals surface area contributed by atoms with Crippen molar-refractivity contribution in [2.75, 3.05) is 20.3 Å². The van der Waals surface area contributed by atoms with Crippen LogP contribution in [0.15, 0.2) is 24.3 Å². The van der Waals surface area contributed by atoms with Crippen LogP contribution < -0.4 is 15.4 Å². The van der Waals surface area contributed by atoms with Crippen LogP contribution in [-0.2, 0) is 16.0 Å². The fourth-order valence-corrected chi connectivity index (χ4v) is 3.06. The molecule has 4 amide bonds. The molecule has 3 unspecified atom stereocenters. The van der Waals surface area contributed by atoms with Crippen LogP contribution in [0, 0.1) is 5.92 Å². The molecule has 1 fully saturated rings. The number of carbonyl (C=O) groups is 3. The topological polar surface area (TPSA) is 108 Å². The first-order chi connectivity index (χ1) is 13.4. The molecule has 1 aliphatic heterocycles. The Hall–Kier alpha value is -2.61. The molecule has 0 aromatic heterocycles. The van der Waals surface area contributed by atoms with Crippen molar-refractivity contribution in [2.45, 2.75) is 45.2 Å². The minimum absolute atomic E-state index is 0.115. The highest BCUT2D eigenvalue weighted by Gasteiger charge is 2.39. The molecule has 1 heterocycles. The summed E-state index contributed by atoms with van der Waals surface area (Å²) in [6, 6.07) is 5.68. The summed E-state index contributed by atoms with van der Waals surface area (Å²) >= 11 is 0. The van der Waals surface area contributed by atoms with Gasteiger partial charge >= 0.3 is 6.03 Å². The molecule has 28 heavy (non-hydrogen) atoms. The van der Waals surface area contributed by atoms with Gasteiger partial charge in [-0.1, -0.05) is 32.4 Å². The molecule has 2 rings (SSSR count). The van der Waals surface area contributed by atoms with Crippen LogP contribution in [0.5, 0.6) is 5.75 Å². The Labute approximate surface area is 165 Å². The van der Waals surface area contributed by atoms with Crippen LogP contribution in [0.4, 0.5) is 4.79 Å². The number of ether oxygens (including phenoxy) is 1. The maximum atomic E-state index is 12.5. The summed E-state index contributed by atoms with van der Waals surface area (Å²) in [5, 5.41) is 14.7. The minimum Gasteiger partial charge on any atom is -0.497 e. The van der Waals surface area contributed by atoms with Crippen LogP contribution >= 0.6 is 0 Å². The third kappa shape index (κ3) is 5.45. The molecule has 8 heteroatoms. The van der Waals surface area contributed by atoms with Gasteiger partial charge in [0.05, 0.1) is 26.2 Å². The van der Waals surface area contributed by atoms with Crippen LogP contribution in [0.1, 0.15) is 32.3 Å². The zero-order chi connectivity index (χ0) is 20.7. The number of carbonyl (C=O) groups excluding carboxylic acids is 3. The average molecular weight is 391 g/mol. The van der Waals surface area contributed by atoms with Crippen molar-refractivity contribution in [1.82, 2.24) is 15.5 Å². The highest BCUT2D eigenvalue weighted by molar-refractivity contribution is 6.05. The van der Waals surface area contributed by atoms with E-state index in [1.165, 1.54) is 0 Å². The van der Waals surface area contributed by atoms with Gasteiger partial charge in [0.25, 0.3) is 5.91 Å². The predicted molar refractivity (Wildman–Crippen MR) is 104 cm³/mol. The second-order valence-electron chi connectivity index (χ2n) is 7.04. The number of aliphatic hydroxyl groups excluding tert-OH is 1. The number of hydrogen-bond donors (Lipinski definition) is 3. The molecule has 0 aliphatic carbocycles. The van der Waals surface area contributed by atoms with Gasteiger partial charge in [-0.25, -0.2) is 4.79 Å². The summed E-state index contributed by atoms with van der Waals surface area (Å²) < 4.78 is 5.11. The number of aliphatic hydroxyl groups is 1. The number of nitrogens with one attached hydrogen (secondary N) is 2. The Balaban J connectivity index is 1.88. The Morgan fingerprint density at radius 2 is 2.00 bits per heavy atom. The molecule has 8 nitrogen and oxygen atoms in total.